The summed E-state index contributed by atoms with van der Waals surface area (Å²) in [6, 6.07) is 7.23. The van der Waals surface area contributed by atoms with Crippen LogP contribution in [0.1, 0.15) is 16.1 Å². The van der Waals surface area contributed by atoms with Crippen molar-refractivity contribution in [3.8, 4) is 17.1 Å². The van der Waals surface area contributed by atoms with Gasteiger partial charge in [0.15, 0.2) is 5.75 Å². The smallest absolute Gasteiger partial charge is 0.255 e. The van der Waals surface area contributed by atoms with Crippen LogP contribution in [0.3, 0.4) is 0 Å². The first-order chi connectivity index (χ1) is 14.0. The highest BCUT2D eigenvalue weighted by atomic mass is 35.5. The lowest BCUT2D eigenvalue weighted by atomic mass is 10.1. The first-order valence-electron chi connectivity index (χ1n) is 9.13. The number of para-hydroxylation sites is 1. The first-order valence-corrected chi connectivity index (χ1v) is 9.50. The number of nitrogens with zero attached hydrogens (tertiary/aromatic N) is 3. The molecule has 0 radical (unpaired) electrons. The van der Waals surface area contributed by atoms with Crippen LogP contribution in [0.2, 0.25) is 5.02 Å². The van der Waals surface area contributed by atoms with Crippen molar-refractivity contribution in [3.05, 3.63) is 46.7 Å². The highest BCUT2D eigenvalue weighted by molar-refractivity contribution is 6.32. The molecule has 0 atom stereocenters. The van der Waals surface area contributed by atoms with Gasteiger partial charge in [-0.15, -0.1) is 0 Å². The number of halogens is 1. The minimum absolute atomic E-state index is 0.140. The lowest BCUT2D eigenvalue weighted by Crippen LogP contribution is -2.31. The molecule has 150 valence electrons. The van der Waals surface area contributed by atoms with Gasteiger partial charge in [0.1, 0.15) is 0 Å². The second-order valence-electron chi connectivity index (χ2n) is 6.82. The summed E-state index contributed by atoms with van der Waals surface area (Å²) in [5, 5.41) is 6.72. The van der Waals surface area contributed by atoms with E-state index >= 15 is 0 Å². The molecule has 8 nitrogen and oxygen atoms in total. The molecule has 3 aromatic rings. The minimum atomic E-state index is -0.140. The van der Waals surface area contributed by atoms with Crippen LogP contribution in [-0.4, -0.2) is 48.6 Å². The summed E-state index contributed by atoms with van der Waals surface area (Å²) in [5.74, 6) is 0.938. The number of rotatable bonds is 5. The van der Waals surface area contributed by atoms with Crippen LogP contribution in [0.5, 0.6) is 5.75 Å². The fourth-order valence-corrected chi connectivity index (χ4v) is 3.60. The Hall–Kier alpha value is -3.26. The van der Waals surface area contributed by atoms with Crippen molar-refractivity contribution in [3.63, 3.8) is 0 Å². The average molecular weight is 413 g/mol. The van der Waals surface area contributed by atoms with Crippen LogP contribution in [0.25, 0.3) is 11.4 Å². The standard InChI is InChI=1S/C20H21ClN6O2/c1-27(2)20-23-10-8-13(26-20)16-17(15-12(24-16)7-9-22-19(15)28)25-14-6-4-5-11(21)18(14)29-3/h4-6,8,10,24-25H,7,9H2,1-3H3,(H,22,28). The number of ether oxygens (including phenoxy) is 1. The Morgan fingerprint density at radius 2 is 2.10 bits per heavy atom. The van der Waals surface area contributed by atoms with Crippen molar-refractivity contribution in [1.29, 1.82) is 0 Å². The molecule has 9 heteroatoms. The summed E-state index contributed by atoms with van der Waals surface area (Å²) in [4.78, 5) is 26.8. The zero-order valence-electron chi connectivity index (χ0n) is 16.3. The monoisotopic (exact) mass is 412 g/mol. The molecule has 0 saturated carbocycles. The third kappa shape index (κ3) is 3.47. The maximum Gasteiger partial charge on any atom is 0.255 e. The molecule has 3 N–H and O–H groups in total. The normalized spacial score (nSPS) is 12.9. The molecule has 0 fully saturated rings. The predicted octanol–water partition coefficient (Wildman–Crippen LogP) is 3.23. The number of hydrogen-bond donors (Lipinski definition) is 3. The molecule has 1 amide bonds. The number of nitrogens with one attached hydrogen (secondary N) is 3. The van der Waals surface area contributed by atoms with Crippen LogP contribution in [0, 0.1) is 0 Å². The van der Waals surface area contributed by atoms with Crippen LogP contribution in [0.4, 0.5) is 17.3 Å². The van der Waals surface area contributed by atoms with Crippen molar-refractivity contribution in [2.75, 3.05) is 38.0 Å². The van der Waals surface area contributed by atoms with E-state index in [4.69, 9.17) is 16.3 Å². The van der Waals surface area contributed by atoms with E-state index in [9.17, 15) is 4.79 Å². The molecule has 2 aromatic heterocycles. The summed E-state index contributed by atoms with van der Waals surface area (Å²) in [7, 11) is 5.31. The second-order valence-corrected chi connectivity index (χ2v) is 7.22. The molecule has 3 heterocycles. The summed E-state index contributed by atoms with van der Waals surface area (Å²) in [5.41, 5.74) is 4.09. The number of carbonyl (C=O) groups excluding carboxylic acids is 1. The lowest BCUT2D eigenvalue weighted by molar-refractivity contribution is 0.0947. The number of methoxy groups -OCH3 is 1. The molecule has 4 rings (SSSR count). The summed E-state index contributed by atoms with van der Waals surface area (Å²) < 4.78 is 5.45. The molecule has 0 bridgehead atoms. The number of carbonyl (C=O) groups is 1. The predicted molar refractivity (Wildman–Crippen MR) is 113 cm³/mol. The molecular weight excluding hydrogens is 392 g/mol. The zero-order chi connectivity index (χ0) is 20.5. The number of amides is 1. The third-order valence-electron chi connectivity index (χ3n) is 4.70. The summed E-state index contributed by atoms with van der Waals surface area (Å²) in [6.07, 6.45) is 2.40. The molecule has 0 unspecified atom stereocenters. The number of H-pyrrole nitrogens is 1. The number of hydrogen-bond acceptors (Lipinski definition) is 6. The van der Waals surface area contributed by atoms with E-state index in [2.05, 4.69) is 25.6 Å². The number of benzene rings is 1. The molecular formula is C20H21ClN6O2. The summed E-state index contributed by atoms with van der Waals surface area (Å²) in [6.45, 7) is 0.582. The topological polar surface area (TPSA) is 95.2 Å². The molecule has 0 saturated heterocycles. The largest absolute Gasteiger partial charge is 0.493 e. The van der Waals surface area contributed by atoms with Crippen LogP contribution in [0.15, 0.2) is 30.5 Å². The Bertz CT molecular complexity index is 1080. The van der Waals surface area contributed by atoms with Crippen molar-refractivity contribution >= 4 is 34.8 Å². The van der Waals surface area contributed by atoms with E-state index in [1.165, 1.54) is 0 Å². The van der Waals surface area contributed by atoms with Gasteiger partial charge in [-0.3, -0.25) is 4.79 Å². The van der Waals surface area contributed by atoms with Gasteiger partial charge in [0.05, 0.1) is 40.5 Å². The fraction of sp³-hybridized carbons (Fsp3) is 0.250. The summed E-state index contributed by atoms with van der Waals surface area (Å²) >= 11 is 6.28. The van der Waals surface area contributed by atoms with Gasteiger partial charge in [-0.05, 0) is 18.2 Å². The van der Waals surface area contributed by atoms with Crippen molar-refractivity contribution < 1.29 is 9.53 Å². The highest BCUT2D eigenvalue weighted by Gasteiger charge is 2.28. The van der Waals surface area contributed by atoms with Gasteiger partial charge in [-0.2, -0.15) is 0 Å². The number of aromatic amines is 1. The first kappa shape index (κ1) is 19.1. The number of aromatic nitrogens is 3. The van der Waals surface area contributed by atoms with E-state index in [0.29, 0.717) is 58.0 Å². The molecule has 1 aliphatic heterocycles. The zero-order valence-corrected chi connectivity index (χ0v) is 17.1. The molecule has 0 aliphatic carbocycles. The van der Waals surface area contributed by atoms with Gasteiger partial charge in [0, 0.05) is 39.0 Å². The van der Waals surface area contributed by atoms with Gasteiger partial charge in [-0.1, -0.05) is 17.7 Å². The van der Waals surface area contributed by atoms with Crippen molar-refractivity contribution in [1.82, 2.24) is 20.3 Å². The maximum absolute atomic E-state index is 12.7. The van der Waals surface area contributed by atoms with Crippen LogP contribution in [-0.2, 0) is 6.42 Å². The SMILES string of the molecule is COc1c(Cl)cccc1Nc1c(-c2ccnc(N(C)C)n2)[nH]c2c1C(=O)NCC2. The van der Waals surface area contributed by atoms with Crippen LogP contribution < -0.4 is 20.3 Å². The van der Waals surface area contributed by atoms with Gasteiger partial charge in [0.2, 0.25) is 5.95 Å². The van der Waals surface area contributed by atoms with Gasteiger partial charge in [-0.25, -0.2) is 9.97 Å². The second kappa shape index (κ2) is 7.63. The highest BCUT2D eigenvalue weighted by Crippen LogP contribution is 2.40. The Morgan fingerprint density at radius 1 is 1.28 bits per heavy atom. The number of anilines is 3. The Labute approximate surface area is 173 Å². The molecule has 29 heavy (non-hydrogen) atoms. The van der Waals surface area contributed by atoms with Crippen LogP contribution >= 0.6 is 11.6 Å². The van der Waals surface area contributed by atoms with Crippen molar-refractivity contribution in [2.24, 2.45) is 0 Å². The third-order valence-corrected chi connectivity index (χ3v) is 4.99. The number of fused-ring (bicyclic) bond motifs is 1. The Morgan fingerprint density at radius 3 is 2.86 bits per heavy atom. The Balaban J connectivity index is 1.89. The van der Waals surface area contributed by atoms with E-state index in [1.807, 2.05) is 37.2 Å². The molecule has 1 aromatic carbocycles. The lowest BCUT2D eigenvalue weighted by Gasteiger charge is -2.17. The van der Waals surface area contributed by atoms with Gasteiger partial charge >= 0.3 is 0 Å². The minimum Gasteiger partial charge on any atom is -0.493 e. The van der Waals surface area contributed by atoms with E-state index in [-0.39, 0.29) is 5.91 Å². The van der Waals surface area contributed by atoms with E-state index in [1.54, 1.807) is 19.4 Å². The molecule has 0 spiro atoms. The van der Waals surface area contributed by atoms with Gasteiger partial charge < -0.3 is 25.3 Å². The van der Waals surface area contributed by atoms with Gasteiger partial charge in [0.25, 0.3) is 5.91 Å². The fourth-order valence-electron chi connectivity index (χ4n) is 3.35. The van der Waals surface area contributed by atoms with E-state index in [0.717, 1.165) is 5.69 Å². The van der Waals surface area contributed by atoms with Crippen molar-refractivity contribution in [2.45, 2.75) is 6.42 Å². The van der Waals surface area contributed by atoms with E-state index < -0.39 is 0 Å². The Kier molecular flexibility index (Phi) is 5.02. The maximum atomic E-state index is 12.7. The molecule has 1 aliphatic rings. The quantitative estimate of drug-likeness (QED) is 0.595. The average Bonchev–Trinajstić information content (AvgIpc) is 3.08.